The zero-order valence-electron chi connectivity index (χ0n) is 13.3. The maximum Gasteiger partial charge on any atom is 0.263 e. The molecule has 1 amide bonds. The van der Waals surface area contributed by atoms with Crippen molar-refractivity contribution in [1.29, 1.82) is 0 Å². The average Bonchev–Trinajstić information content (AvgIpc) is 2.95. The van der Waals surface area contributed by atoms with Crippen LogP contribution < -0.4 is 5.32 Å². The van der Waals surface area contributed by atoms with Crippen LogP contribution in [0.3, 0.4) is 0 Å². The molecule has 1 aromatic heterocycles. The topological polar surface area (TPSA) is 45.2 Å². The van der Waals surface area contributed by atoms with Gasteiger partial charge in [0.15, 0.2) is 0 Å². The molecule has 4 nitrogen and oxygen atoms in total. The summed E-state index contributed by atoms with van der Waals surface area (Å²) in [6.45, 7) is 3.22. The minimum atomic E-state index is 0.0362. The van der Waals surface area contributed by atoms with Crippen molar-refractivity contribution in [2.75, 3.05) is 19.6 Å². The maximum atomic E-state index is 12.0. The predicted octanol–water partition coefficient (Wildman–Crippen LogP) is 3.31. The molecule has 1 atom stereocenters. The monoisotopic (exact) mass is 321 g/mol. The van der Waals surface area contributed by atoms with Crippen LogP contribution in [0.25, 0.3) is 0 Å². The van der Waals surface area contributed by atoms with E-state index in [9.17, 15) is 4.79 Å². The fraction of sp³-hybridized carbons (Fsp3) is 0.765. The van der Waals surface area contributed by atoms with E-state index in [0.29, 0.717) is 5.92 Å². The highest BCUT2D eigenvalue weighted by molar-refractivity contribution is 7.11. The second-order valence-corrected chi connectivity index (χ2v) is 7.61. The molecule has 0 spiro atoms. The van der Waals surface area contributed by atoms with Gasteiger partial charge in [-0.05, 0) is 38.1 Å². The summed E-state index contributed by atoms with van der Waals surface area (Å²) < 4.78 is 0. The van der Waals surface area contributed by atoms with Gasteiger partial charge in [0.1, 0.15) is 4.88 Å². The van der Waals surface area contributed by atoms with Gasteiger partial charge < -0.3 is 10.2 Å². The number of carbonyl (C=O) groups excluding carboxylic acids is 1. The lowest BCUT2D eigenvalue weighted by atomic mass is 9.94. The highest BCUT2D eigenvalue weighted by atomic mass is 32.1. The van der Waals surface area contributed by atoms with Crippen molar-refractivity contribution in [3.8, 4) is 0 Å². The molecule has 1 aliphatic carbocycles. The van der Waals surface area contributed by atoms with E-state index in [4.69, 9.17) is 0 Å². The van der Waals surface area contributed by atoms with Crippen molar-refractivity contribution in [3.63, 3.8) is 0 Å². The van der Waals surface area contributed by atoms with Crippen LogP contribution in [-0.2, 0) is 0 Å². The fourth-order valence-corrected chi connectivity index (χ4v) is 4.41. The number of rotatable bonds is 4. The molecule has 0 unspecified atom stereocenters. The van der Waals surface area contributed by atoms with Gasteiger partial charge in [0.05, 0.1) is 11.7 Å². The van der Waals surface area contributed by atoms with Gasteiger partial charge in [-0.1, -0.05) is 25.7 Å². The molecule has 0 bridgehead atoms. The second kappa shape index (κ2) is 8.06. The smallest absolute Gasteiger partial charge is 0.263 e. The summed E-state index contributed by atoms with van der Waals surface area (Å²) in [5, 5.41) is 3.10. The van der Waals surface area contributed by atoms with Crippen molar-refractivity contribution in [3.05, 3.63) is 16.6 Å². The fourth-order valence-electron chi connectivity index (χ4n) is 3.87. The number of hydrogen-bond acceptors (Lipinski definition) is 4. The van der Waals surface area contributed by atoms with Crippen LogP contribution in [0.2, 0.25) is 0 Å². The normalized spacial score (nSPS) is 24.8. The molecule has 2 fully saturated rings. The molecule has 1 aliphatic heterocycles. The molecule has 1 saturated carbocycles. The average molecular weight is 321 g/mol. The number of hydrogen-bond donors (Lipinski definition) is 1. The van der Waals surface area contributed by atoms with E-state index in [1.165, 1.54) is 69.2 Å². The van der Waals surface area contributed by atoms with Crippen molar-refractivity contribution >= 4 is 17.2 Å². The lowest BCUT2D eigenvalue weighted by Gasteiger charge is -2.38. The maximum absolute atomic E-state index is 12.0. The van der Waals surface area contributed by atoms with E-state index in [1.807, 2.05) is 0 Å². The number of likely N-dealkylation sites (tertiary alicyclic amines) is 1. The SMILES string of the molecule is O=C(NC[C@@H]1CCCN(C2CCCCCC2)C1)c1cncs1. The summed E-state index contributed by atoms with van der Waals surface area (Å²) in [6, 6.07) is 0.794. The summed E-state index contributed by atoms with van der Waals surface area (Å²) in [4.78, 5) is 19.4. The first kappa shape index (κ1) is 15.9. The lowest BCUT2D eigenvalue weighted by molar-refractivity contribution is 0.0902. The summed E-state index contributed by atoms with van der Waals surface area (Å²) >= 11 is 1.41. The molecule has 1 aromatic rings. The number of aromatic nitrogens is 1. The minimum absolute atomic E-state index is 0.0362. The molecular formula is C17H27N3OS. The Morgan fingerprint density at radius 2 is 2.05 bits per heavy atom. The molecule has 0 aromatic carbocycles. The third kappa shape index (κ3) is 4.29. The minimum Gasteiger partial charge on any atom is -0.351 e. The van der Waals surface area contributed by atoms with Crippen LogP contribution in [-0.4, -0.2) is 41.5 Å². The number of piperidine rings is 1. The Kier molecular flexibility index (Phi) is 5.84. The van der Waals surface area contributed by atoms with E-state index in [0.717, 1.165) is 24.0 Å². The van der Waals surface area contributed by atoms with E-state index in [-0.39, 0.29) is 5.91 Å². The Morgan fingerprint density at radius 3 is 2.77 bits per heavy atom. The largest absolute Gasteiger partial charge is 0.351 e. The van der Waals surface area contributed by atoms with Gasteiger partial charge in [-0.3, -0.25) is 9.78 Å². The van der Waals surface area contributed by atoms with Crippen LogP contribution in [0.5, 0.6) is 0 Å². The zero-order valence-corrected chi connectivity index (χ0v) is 14.1. The first-order chi connectivity index (χ1) is 10.8. The van der Waals surface area contributed by atoms with Gasteiger partial charge in [0.25, 0.3) is 5.91 Å². The number of nitrogens with zero attached hydrogens (tertiary/aromatic N) is 2. The van der Waals surface area contributed by atoms with Crippen LogP contribution in [0, 0.1) is 5.92 Å². The Bertz CT molecular complexity index is 454. The van der Waals surface area contributed by atoms with Crippen molar-refractivity contribution in [1.82, 2.24) is 15.2 Å². The van der Waals surface area contributed by atoms with Gasteiger partial charge in [-0.2, -0.15) is 0 Å². The van der Waals surface area contributed by atoms with Crippen molar-refractivity contribution in [2.24, 2.45) is 5.92 Å². The van der Waals surface area contributed by atoms with E-state index in [1.54, 1.807) is 11.7 Å². The lowest BCUT2D eigenvalue weighted by Crippen LogP contribution is -2.45. The molecule has 3 rings (SSSR count). The Labute approximate surface area is 137 Å². The molecule has 2 aliphatic rings. The predicted molar refractivity (Wildman–Crippen MR) is 90.2 cm³/mol. The standard InChI is InChI=1S/C17H27N3OS/c21-17(16-11-18-13-22-16)19-10-14-6-5-9-20(12-14)15-7-3-1-2-4-8-15/h11,13-15H,1-10,12H2,(H,19,21)/t14-/m0/s1. The van der Waals surface area contributed by atoms with Crippen molar-refractivity contribution in [2.45, 2.75) is 57.4 Å². The van der Waals surface area contributed by atoms with Crippen LogP contribution in [0.15, 0.2) is 11.7 Å². The summed E-state index contributed by atoms with van der Waals surface area (Å²) in [7, 11) is 0. The Morgan fingerprint density at radius 1 is 1.23 bits per heavy atom. The Hall–Kier alpha value is -0.940. The quantitative estimate of drug-likeness (QED) is 0.865. The molecule has 122 valence electrons. The van der Waals surface area contributed by atoms with Crippen LogP contribution in [0.1, 0.15) is 61.0 Å². The van der Waals surface area contributed by atoms with Gasteiger partial charge in [-0.15, -0.1) is 11.3 Å². The number of amides is 1. The zero-order chi connectivity index (χ0) is 15.2. The molecule has 5 heteroatoms. The molecular weight excluding hydrogens is 294 g/mol. The van der Waals surface area contributed by atoms with E-state index >= 15 is 0 Å². The number of thiazole rings is 1. The molecule has 2 heterocycles. The number of carbonyl (C=O) groups is 1. The second-order valence-electron chi connectivity index (χ2n) is 6.72. The molecule has 0 radical (unpaired) electrons. The summed E-state index contributed by atoms with van der Waals surface area (Å²) in [6.07, 6.45) is 12.5. The van der Waals surface area contributed by atoms with E-state index < -0.39 is 0 Å². The van der Waals surface area contributed by atoms with Gasteiger partial charge in [-0.25, -0.2) is 0 Å². The highest BCUT2D eigenvalue weighted by Gasteiger charge is 2.26. The third-order valence-corrected chi connectivity index (χ3v) is 5.87. The summed E-state index contributed by atoms with van der Waals surface area (Å²) in [5.41, 5.74) is 1.71. The van der Waals surface area contributed by atoms with Gasteiger partial charge in [0.2, 0.25) is 0 Å². The molecule has 22 heavy (non-hydrogen) atoms. The van der Waals surface area contributed by atoms with Crippen LogP contribution in [0.4, 0.5) is 0 Å². The molecule has 1 N–H and O–H groups in total. The third-order valence-electron chi connectivity index (χ3n) is 5.10. The van der Waals surface area contributed by atoms with Crippen LogP contribution >= 0.6 is 11.3 Å². The Balaban J connectivity index is 1.47. The molecule has 1 saturated heterocycles. The first-order valence-electron chi connectivity index (χ1n) is 8.73. The highest BCUT2D eigenvalue weighted by Crippen LogP contribution is 2.26. The van der Waals surface area contributed by atoms with Crippen molar-refractivity contribution < 1.29 is 4.79 Å². The van der Waals surface area contributed by atoms with E-state index in [2.05, 4.69) is 15.2 Å². The summed E-state index contributed by atoms with van der Waals surface area (Å²) in [5.74, 6) is 0.642. The first-order valence-corrected chi connectivity index (χ1v) is 9.61. The van der Waals surface area contributed by atoms with Gasteiger partial charge in [0, 0.05) is 19.1 Å². The number of nitrogens with one attached hydrogen (secondary N) is 1. The van der Waals surface area contributed by atoms with Gasteiger partial charge >= 0.3 is 0 Å².